The normalized spacial score (nSPS) is 19.0. The average molecular weight is 447 g/mol. The van der Waals surface area contributed by atoms with E-state index in [9.17, 15) is 9.18 Å². The van der Waals surface area contributed by atoms with Crippen molar-refractivity contribution in [1.82, 2.24) is 9.80 Å². The van der Waals surface area contributed by atoms with Gasteiger partial charge >= 0.3 is 6.09 Å². The maximum atomic E-state index is 13.2. The van der Waals surface area contributed by atoms with Crippen LogP contribution in [0, 0.1) is 5.82 Å². The molecule has 170 valence electrons. The summed E-state index contributed by atoms with van der Waals surface area (Å²) in [6, 6.07) is 23.1. The first kappa shape index (κ1) is 21.6. The topological polar surface area (TPSA) is 42.0 Å². The van der Waals surface area contributed by atoms with Gasteiger partial charge in [-0.2, -0.15) is 0 Å². The fourth-order valence-corrected chi connectivity index (χ4v) is 4.38. The fraction of sp³-hybridized carbons (Fsp3) is 0.296. The van der Waals surface area contributed by atoms with E-state index in [4.69, 9.17) is 9.47 Å². The van der Waals surface area contributed by atoms with Crippen molar-refractivity contribution in [3.8, 4) is 11.1 Å². The van der Waals surface area contributed by atoms with E-state index in [1.54, 1.807) is 17.0 Å². The number of nitrogens with zero attached hydrogens (tertiary/aromatic N) is 2. The molecule has 0 N–H and O–H groups in total. The van der Waals surface area contributed by atoms with Crippen LogP contribution in [-0.2, 0) is 22.6 Å². The molecule has 0 bridgehead atoms. The van der Waals surface area contributed by atoms with Crippen molar-refractivity contribution in [3.63, 3.8) is 0 Å². The lowest BCUT2D eigenvalue weighted by Crippen LogP contribution is -2.35. The van der Waals surface area contributed by atoms with Crippen LogP contribution in [0.1, 0.15) is 22.8 Å². The Kier molecular flexibility index (Phi) is 6.37. The number of hydrogen-bond donors (Lipinski definition) is 0. The Labute approximate surface area is 193 Å². The molecule has 3 aromatic rings. The van der Waals surface area contributed by atoms with Gasteiger partial charge < -0.3 is 9.47 Å². The molecular formula is C27H27FN2O3. The summed E-state index contributed by atoms with van der Waals surface area (Å²) >= 11 is 0. The van der Waals surface area contributed by atoms with E-state index in [0.717, 1.165) is 49.5 Å². The summed E-state index contributed by atoms with van der Waals surface area (Å²) in [4.78, 5) is 16.4. The number of rotatable bonds is 6. The highest BCUT2D eigenvalue weighted by Gasteiger charge is 2.32. The van der Waals surface area contributed by atoms with Crippen molar-refractivity contribution < 1.29 is 18.7 Å². The minimum absolute atomic E-state index is 0.299. The van der Waals surface area contributed by atoms with Crippen molar-refractivity contribution in [2.45, 2.75) is 19.2 Å². The van der Waals surface area contributed by atoms with Crippen LogP contribution in [0.25, 0.3) is 11.1 Å². The van der Waals surface area contributed by atoms with E-state index in [0.29, 0.717) is 13.1 Å². The molecule has 0 aromatic heterocycles. The van der Waals surface area contributed by atoms with Crippen LogP contribution < -0.4 is 0 Å². The third-order valence-corrected chi connectivity index (χ3v) is 6.23. The SMILES string of the molecule is O=C1OC(c2ccc(F)cc2)CN1Cc1ccc(-c2cccc(CN3CCOCC3)c2)cc1. The summed E-state index contributed by atoms with van der Waals surface area (Å²) in [7, 11) is 0. The van der Waals surface area contributed by atoms with Gasteiger partial charge in [0.05, 0.1) is 19.8 Å². The molecule has 2 fully saturated rings. The van der Waals surface area contributed by atoms with Crippen LogP contribution in [0.2, 0.25) is 0 Å². The van der Waals surface area contributed by atoms with Gasteiger partial charge in [0.2, 0.25) is 0 Å². The zero-order valence-electron chi connectivity index (χ0n) is 18.5. The zero-order chi connectivity index (χ0) is 22.6. The number of cyclic esters (lactones) is 1. The van der Waals surface area contributed by atoms with Gasteiger partial charge in [-0.1, -0.05) is 54.6 Å². The monoisotopic (exact) mass is 446 g/mol. The number of carbonyl (C=O) groups is 1. The van der Waals surface area contributed by atoms with Gasteiger partial charge in [-0.25, -0.2) is 9.18 Å². The summed E-state index contributed by atoms with van der Waals surface area (Å²) in [5.74, 6) is -0.299. The Bertz CT molecular complexity index is 1100. The number of ether oxygens (including phenoxy) is 2. The lowest BCUT2D eigenvalue weighted by atomic mass is 10.0. The third-order valence-electron chi connectivity index (χ3n) is 6.23. The van der Waals surface area contributed by atoms with Crippen LogP contribution >= 0.6 is 0 Å². The van der Waals surface area contributed by atoms with Crippen LogP contribution in [-0.4, -0.2) is 48.7 Å². The first-order valence-corrected chi connectivity index (χ1v) is 11.3. The van der Waals surface area contributed by atoms with Crippen molar-refractivity contribution in [2.75, 3.05) is 32.8 Å². The number of benzene rings is 3. The highest BCUT2D eigenvalue weighted by molar-refractivity contribution is 5.70. The molecule has 1 unspecified atom stereocenters. The Hall–Kier alpha value is -3.22. The lowest BCUT2D eigenvalue weighted by Gasteiger charge is -2.26. The Morgan fingerprint density at radius 2 is 1.61 bits per heavy atom. The molecule has 2 saturated heterocycles. The number of morpholine rings is 1. The van der Waals surface area contributed by atoms with Crippen molar-refractivity contribution in [1.29, 1.82) is 0 Å². The molecule has 2 heterocycles. The molecule has 0 spiro atoms. The van der Waals surface area contributed by atoms with E-state index in [1.807, 2.05) is 0 Å². The number of amides is 1. The second-order valence-electron chi connectivity index (χ2n) is 8.59. The second-order valence-corrected chi connectivity index (χ2v) is 8.59. The van der Waals surface area contributed by atoms with E-state index < -0.39 is 0 Å². The van der Waals surface area contributed by atoms with Crippen LogP contribution in [0.3, 0.4) is 0 Å². The van der Waals surface area contributed by atoms with E-state index in [1.165, 1.54) is 23.3 Å². The minimum atomic E-state index is -0.369. The fourth-order valence-electron chi connectivity index (χ4n) is 4.38. The highest BCUT2D eigenvalue weighted by atomic mass is 19.1. The molecule has 5 rings (SSSR count). The van der Waals surface area contributed by atoms with Crippen molar-refractivity contribution in [3.05, 3.63) is 95.3 Å². The molecule has 2 aliphatic heterocycles. The van der Waals surface area contributed by atoms with Crippen molar-refractivity contribution >= 4 is 6.09 Å². The maximum Gasteiger partial charge on any atom is 0.410 e. The Morgan fingerprint density at radius 3 is 2.36 bits per heavy atom. The van der Waals surface area contributed by atoms with Crippen LogP contribution in [0.15, 0.2) is 72.8 Å². The summed E-state index contributed by atoms with van der Waals surface area (Å²) in [5.41, 5.74) is 5.48. The molecule has 6 heteroatoms. The van der Waals surface area contributed by atoms with Gasteiger partial charge in [0, 0.05) is 26.2 Å². The average Bonchev–Trinajstić information content (AvgIpc) is 3.21. The molecule has 33 heavy (non-hydrogen) atoms. The smallest absolute Gasteiger partial charge is 0.410 e. The van der Waals surface area contributed by atoms with Crippen LogP contribution in [0.5, 0.6) is 0 Å². The van der Waals surface area contributed by atoms with Gasteiger partial charge in [-0.3, -0.25) is 9.80 Å². The van der Waals surface area contributed by atoms with Gasteiger partial charge in [-0.15, -0.1) is 0 Å². The lowest BCUT2D eigenvalue weighted by molar-refractivity contribution is 0.0342. The molecule has 1 amide bonds. The quantitative estimate of drug-likeness (QED) is 0.533. The minimum Gasteiger partial charge on any atom is -0.439 e. The van der Waals surface area contributed by atoms with E-state index in [2.05, 4.69) is 53.4 Å². The van der Waals surface area contributed by atoms with Gasteiger partial charge in [-0.05, 0) is 46.0 Å². The molecule has 0 aliphatic carbocycles. The zero-order valence-corrected chi connectivity index (χ0v) is 18.5. The van der Waals surface area contributed by atoms with Gasteiger partial charge in [0.1, 0.15) is 11.9 Å². The summed E-state index contributed by atoms with van der Waals surface area (Å²) in [6.07, 6.45) is -0.712. The third kappa shape index (κ3) is 5.24. The standard InChI is InChI=1S/C27H27FN2O3/c28-25-10-8-23(9-11-25)26-19-30(27(31)33-26)18-20-4-6-22(7-5-20)24-3-1-2-21(16-24)17-29-12-14-32-15-13-29/h1-11,16,26H,12-15,17-19H2. The second kappa shape index (κ2) is 9.73. The highest BCUT2D eigenvalue weighted by Crippen LogP contribution is 2.28. The number of hydrogen-bond acceptors (Lipinski definition) is 4. The van der Waals surface area contributed by atoms with E-state index in [-0.39, 0.29) is 18.0 Å². The van der Waals surface area contributed by atoms with E-state index >= 15 is 0 Å². The molecule has 0 radical (unpaired) electrons. The molecule has 0 saturated carbocycles. The van der Waals surface area contributed by atoms with Crippen molar-refractivity contribution in [2.24, 2.45) is 0 Å². The van der Waals surface area contributed by atoms with Gasteiger partial charge in [0.25, 0.3) is 0 Å². The summed E-state index contributed by atoms with van der Waals surface area (Å²) in [5, 5.41) is 0. The Balaban J connectivity index is 1.22. The summed E-state index contributed by atoms with van der Waals surface area (Å²) < 4.78 is 24.1. The van der Waals surface area contributed by atoms with Crippen LogP contribution in [0.4, 0.5) is 9.18 Å². The molecule has 5 nitrogen and oxygen atoms in total. The number of carbonyl (C=O) groups excluding carboxylic acids is 1. The van der Waals surface area contributed by atoms with Gasteiger partial charge in [0.15, 0.2) is 0 Å². The molecule has 3 aromatic carbocycles. The first-order chi connectivity index (χ1) is 16.1. The molecule has 2 aliphatic rings. The molecular weight excluding hydrogens is 419 g/mol. The molecule has 1 atom stereocenters. The summed E-state index contributed by atoms with van der Waals surface area (Å²) in [6.45, 7) is 5.41. The first-order valence-electron chi connectivity index (χ1n) is 11.3. The largest absolute Gasteiger partial charge is 0.439 e. The maximum absolute atomic E-state index is 13.2. The number of halogens is 1. The predicted octanol–water partition coefficient (Wildman–Crippen LogP) is 5.02. The predicted molar refractivity (Wildman–Crippen MR) is 124 cm³/mol. The Morgan fingerprint density at radius 1 is 0.848 bits per heavy atom.